The molecular formula is C21H26F3N3O4. The first-order chi connectivity index (χ1) is 14.5. The number of nitrogens with one attached hydrogen (secondary N) is 2. The smallest absolute Gasteiger partial charge is 0.440 e. The summed E-state index contributed by atoms with van der Waals surface area (Å²) < 4.78 is 47.6. The second-order valence-corrected chi connectivity index (χ2v) is 8.14. The van der Waals surface area contributed by atoms with Gasteiger partial charge in [0.1, 0.15) is 5.75 Å². The van der Waals surface area contributed by atoms with E-state index >= 15 is 0 Å². The average Bonchev–Trinajstić information content (AvgIpc) is 2.85. The molecule has 4 amide bonds. The van der Waals surface area contributed by atoms with Gasteiger partial charge in [-0.1, -0.05) is 25.7 Å². The fraction of sp³-hybridized carbons (Fsp3) is 0.571. The summed E-state index contributed by atoms with van der Waals surface area (Å²) in [6.07, 6.45) is -1.22. The number of amides is 4. The molecule has 0 aromatic heterocycles. The highest BCUT2D eigenvalue weighted by atomic mass is 19.4. The van der Waals surface area contributed by atoms with Crippen molar-refractivity contribution in [2.24, 2.45) is 0 Å². The first kappa shape index (κ1) is 22.9. The van der Waals surface area contributed by atoms with Gasteiger partial charge in [0.2, 0.25) is 0 Å². The predicted octanol–water partition coefficient (Wildman–Crippen LogP) is 3.74. The molecule has 2 aliphatic rings. The molecule has 0 bridgehead atoms. The van der Waals surface area contributed by atoms with E-state index in [1.807, 2.05) is 13.8 Å². The summed E-state index contributed by atoms with van der Waals surface area (Å²) in [5.41, 5.74) is -3.60. The Morgan fingerprint density at radius 1 is 1.13 bits per heavy atom. The minimum atomic E-state index is -5.23. The molecule has 3 rings (SSSR count). The molecule has 10 heteroatoms. The van der Waals surface area contributed by atoms with Crippen molar-refractivity contribution in [1.29, 1.82) is 0 Å². The van der Waals surface area contributed by atoms with Crippen LogP contribution >= 0.6 is 0 Å². The third-order valence-corrected chi connectivity index (χ3v) is 5.46. The molecule has 2 N–H and O–H groups in total. The number of imide groups is 1. The van der Waals surface area contributed by atoms with Crippen LogP contribution in [0.1, 0.15) is 62.7 Å². The van der Waals surface area contributed by atoms with E-state index in [0.717, 1.165) is 25.7 Å². The fourth-order valence-electron chi connectivity index (χ4n) is 3.94. The standard InChI is InChI=1S/C21H26F3N3O4/c1-13(2)31-16-11-9-14(10-12-16)17(28)25-20(21(22,23)24)18(29)27(19(30)26-20)15-7-5-3-4-6-8-15/h9-13,15H,3-8H2,1-2H3,(H,25,28)(H,26,30)/t20-/m1/s1. The number of nitrogens with zero attached hydrogens (tertiary/aromatic N) is 1. The zero-order valence-electron chi connectivity index (χ0n) is 17.4. The molecule has 1 saturated heterocycles. The van der Waals surface area contributed by atoms with Crippen LogP contribution in [0.15, 0.2) is 24.3 Å². The number of alkyl halides is 3. The number of halogens is 3. The molecule has 170 valence electrons. The monoisotopic (exact) mass is 441 g/mol. The highest BCUT2D eigenvalue weighted by Crippen LogP contribution is 2.36. The Morgan fingerprint density at radius 2 is 1.71 bits per heavy atom. The number of rotatable bonds is 5. The number of hydrogen-bond acceptors (Lipinski definition) is 4. The van der Waals surface area contributed by atoms with E-state index < -0.39 is 35.7 Å². The summed E-state index contributed by atoms with van der Waals surface area (Å²) in [6, 6.07) is 3.71. The molecule has 1 atom stereocenters. The van der Waals surface area contributed by atoms with Gasteiger partial charge in [-0.3, -0.25) is 19.8 Å². The summed E-state index contributed by atoms with van der Waals surface area (Å²) in [4.78, 5) is 38.6. The first-order valence-corrected chi connectivity index (χ1v) is 10.4. The molecule has 0 spiro atoms. The Hall–Kier alpha value is -2.78. The third-order valence-electron chi connectivity index (χ3n) is 5.46. The minimum absolute atomic E-state index is 0.102. The van der Waals surface area contributed by atoms with Crippen LogP contribution in [0.3, 0.4) is 0 Å². The molecule has 1 aliphatic heterocycles. The molecule has 31 heavy (non-hydrogen) atoms. The summed E-state index contributed by atoms with van der Waals surface area (Å²) in [5.74, 6) is -2.18. The SMILES string of the molecule is CC(C)Oc1ccc(C(=O)N[C@@]2(C(F)(F)F)NC(=O)N(C3CCCCCC3)C2=O)cc1. The maximum absolute atomic E-state index is 14.0. The molecular weight excluding hydrogens is 415 g/mol. The number of hydrogen-bond donors (Lipinski definition) is 2. The van der Waals surface area contributed by atoms with E-state index in [-0.39, 0.29) is 11.7 Å². The normalized spacial score (nSPS) is 23.0. The van der Waals surface area contributed by atoms with Crippen LogP contribution in [-0.4, -0.2) is 46.7 Å². The van der Waals surface area contributed by atoms with Crippen molar-refractivity contribution in [1.82, 2.24) is 15.5 Å². The summed E-state index contributed by atoms with van der Waals surface area (Å²) in [5, 5.41) is 3.46. The second-order valence-electron chi connectivity index (χ2n) is 8.14. The Labute approximate surface area is 178 Å². The van der Waals surface area contributed by atoms with Crippen molar-refractivity contribution < 1.29 is 32.3 Å². The van der Waals surface area contributed by atoms with Crippen LogP contribution in [0, 0.1) is 0 Å². The molecule has 1 aromatic carbocycles. The van der Waals surface area contributed by atoms with Crippen molar-refractivity contribution in [2.75, 3.05) is 0 Å². The second kappa shape index (κ2) is 8.76. The van der Waals surface area contributed by atoms with Crippen LogP contribution in [0.5, 0.6) is 5.75 Å². The van der Waals surface area contributed by atoms with Crippen LogP contribution in [0.25, 0.3) is 0 Å². The lowest BCUT2D eigenvalue weighted by molar-refractivity contribution is -0.200. The first-order valence-electron chi connectivity index (χ1n) is 10.4. The van der Waals surface area contributed by atoms with Gasteiger partial charge in [-0.25, -0.2) is 4.79 Å². The third kappa shape index (κ3) is 4.62. The molecule has 1 heterocycles. The van der Waals surface area contributed by atoms with E-state index in [0.29, 0.717) is 23.5 Å². The van der Waals surface area contributed by atoms with Gasteiger partial charge in [0.05, 0.1) is 6.10 Å². The van der Waals surface area contributed by atoms with E-state index in [9.17, 15) is 27.6 Å². The molecule has 2 fully saturated rings. The van der Waals surface area contributed by atoms with Gasteiger partial charge >= 0.3 is 12.2 Å². The fourth-order valence-corrected chi connectivity index (χ4v) is 3.94. The van der Waals surface area contributed by atoms with E-state index in [4.69, 9.17) is 4.74 Å². The van der Waals surface area contributed by atoms with Gasteiger partial charge < -0.3 is 10.1 Å². The highest BCUT2D eigenvalue weighted by molar-refractivity contribution is 6.10. The topological polar surface area (TPSA) is 87.7 Å². The number of benzene rings is 1. The minimum Gasteiger partial charge on any atom is -0.491 e. The molecule has 1 aromatic rings. The predicted molar refractivity (Wildman–Crippen MR) is 105 cm³/mol. The Morgan fingerprint density at radius 3 is 2.23 bits per heavy atom. The van der Waals surface area contributed by atoms with Crippen molar-refractivity contribution in [3.05, 3.63) is 29.8 Å². The maximum atomic E-state index is 14.0. The van der Waals surface area contributed by atoms with Crippen LogP contribution in [0.4, 0.5) is 18.0 Å². The molecule has 0 radical (unpaired) electrons. The number of carbonyl (C=O) groups is 3. The largest absolute Gasteiger partial charge is 0.491 e. The Bertz CT molecular complexity index is 833. The van der Waals surface area contributed by atoms with Crippen molar-refractivity contribution in [2.45, 2.75) is 76.4 Å². The summed E-state index contributed by atoms with van der Waals surface area (Å²) in [7, 11) is 0. The maximum Gasteiger partial charge on any atom is 0.440 e. The van der Waals surface area contributed by atoms with E-state index in [1.54, 1.807) is 10.6 Å². The molecule has 1 aliphatic carbocycles. The lowest BCUT2D eigenvalue weighted by atomic mass is 10.0. The molecule has 0 unspecified atom stereocenters. The highest BCUT2D eigenvalue weighted by Gasteiger charge is 2.69. The van der Waals surface area contributed by atoms with Crippen molar-refractivity contribution in [3.8, 4) is 5.75 Å². The van der Waals surface area contributed by atoms with Gasteiger partial charge in [0, 0.05) is 11.6 Å². The van der Waals surface area contributed by atoms with E-state index in [1.165, 1.54) is 24.3 Å². The zero-order valence-corrected chi connectivity index (χ0v) is 17.4. The lowest BCUT2D eigenvalue weighted by Gasteiger charge is -2.31. The number of urea groups is 1. The summed E-state index contributed by atoms with van der Waals surface area (Å²) >= 11 is 0. The Kier molecular flexibility index (Phi) is 6.47. The zero-order chi connectivity index (χ0) is 22.8. The van der Waals surface area contributed by atoms with Crippen LogP contribution in [0.2, 0.25) is 0 Å². The lowest BCUT2D eigenvalue weighted by Crippen LogP contribution is -2.69. The van der Waals surface area contributed by atoms with Crippen LogP contribution < -0.4 is 15.4 Å². The van der Waals surface area contributed by atoms with Crippen LogP contribution in [-0.2, 0) is 4.79 Å². The van der Waals surface area contributed by atoms with E-state index in [2.05, 4.69) is 0 Å². The quantitative estimate of drug-likeness (QED) is 0.538. The number of ether oxygens (including phenoxy) is 1. The average molecular weight is 441 g/mol. The van der Waals surface area contributed by atoms with Gasteiger partial charge in [0.15, 0.2) is 0 Å². The number of carbonyl (C=O) groups excluding carboxylic acids is 3. The van der Waals surface area contributed by atoms with Gasteiger partial charge in [-0.2, -0.15) is 13.2 Å². The molecule has 7 nitrogen and oxygen atoms in total. The van der Waals surface area contributed by atoms with Gasteiger partial charge in [0.25, 0.3) is 17.5 Å². The van der Waals surface area contributed by atoms with Gasteiger partial charge in [-0.15, -0.1) is 0 Å². The Balaban J connectivity index is 1.85. The van der Waals surface area contributed by atoms with Gasteiger partial charge in [-0.05, 0) is 51.0 Å². The summed E-state index contributed by atoms with van der Waals surface area (Å²) in [6.45, 7) is 3.62. The molecule has 1 saturated carbocycles. The van der Waals surface area contributed by atoms with Crippen molar-refractivity contribution >= 4 is 17.8 Å². The van der Waals surface area contributed by atoms with Crippen molar-refractivity contribution in [3.63, 3.8) is 0 Å².